The van der Waals surface area contributed by atoms with Gasteiger partial charge in [0, 0.05) is 6.42 Å². The monoisotopic (exact) mass is 452 g/mol. The normalized spacial score (nSPS) is 12.2. The van der Waals surface area contributed by atoms with Gasteiger partial charge < -0.3 is 4.74 Å². The first-order valence-electron chi connectivity index (χ1n) is 14.9. The molecule has 0 aromatic rings. The van der Waals surface area contributed by atoms with Crippen LogP contribution in [0.4, 0.5) is 0 Å². The van der Waals surface area contributed by atoms with E-state index >= 15 is 0 Å². The zero-order chi connectivity index (χ0) is 23.5. The Labute approximate surface area is 203 Å². The molecule has 0 amide bonds. The van der Waals surface area contributed by atoms with Gasteiger partial charge in [0.2, 0.25) is 0 Å². The highest BCUT2D eigenvalue weighted by Gasteiger charge is 2.11. The van der Waals surface area contributed by atoms with Crippen LogP contribution in [0, 0.1) is 5.92 Å². The summed E-state index contributed by atoms with van der Waals surface area (Å²) < 4.78 is 5.58. The van der Waals surface area contributed by atoms with Gasteiger partial charge in [-0.15, -0.1) is 0 Å². The Morgan fingerprint density at radius 3 is 1.34 bits per heavy atom. The van der Waals surface area contributed by atoms with E-state index in [1.807, 2.05) is 0 Å². The average Bonchev–Trinajstić information content (AvgIpc) is 2.79. The third kappa shape index (κ3) is 24.1. The maximum Gasteiger partial charge on any atom is 0.305 e. The summed E-state index contributed by atoms with van der Waals surface area (Å²) in [6.45, 7) is 7.41. The highest BCUT2D eigenvalue weighted by molar-refractivity contribution is 5.69. The third-order valence-electron chi connectivity index (χ3n) is 6.88. The van der Waals surface area contributed by atoms with E-state index in [2.05, 4.69) is 20.8 Å². The van der Waals surface area contributed by atoms with Gasteiger partial charge in [0.05, 0.1) is 6.61 Å². The highest BCUT2D eigenvalue weighted by atomic mass is 16.5. The molecule has 0 aliphatic heterocycles. The summed E-state index contributed by atoms with van der Waals surface area (Å²) >= 11 is 0. The SMILES string of the molecule is CCCCCCCCCCCCCCCCCCCC(=O)OCC(CCC)CCCCC. The van der Waals surface area contributed by atoms with E-state index < -0.39 is 0 Å². The van der Waals surface area contributed by atoms with Crippen molar-refractivity contribution in [1.82, 2.24) is 0 Å². The Hall–Kier alpha value is -0.530. The number of carbonyl (C=O) groups excluding carboxylic acids is 1. The third-order valence-corrected chi connectivity index (χ3v) is 6.88. The fourth-order valence-electron chi connectivity index (χ4n) is 4.68. The van der Waals surface area contributed by atoms with Gasteiger partial charge in [0.1, 0.15) is 0 Å². The summed E-state index contributed by atoms with van der Waals surface area (Å²) in [6.07, 6.45) is 31.4. The van der Waals surface area contributed by atoms with Crippen molar-refractivity contribution in [2.24, 2.45) is 5.92 Å². The molecule has 0 aliphatic rings. The molecule has 192 valence electrons. The van der Waals surface area contributed by atoms with Crippen molar-refractivity contribution >= 4 is 5.97 Å². The lowest BCUT2D eigenvalue weighted by atomic mass is 9.97. The van der Waals surface area contributed by atoms with Crippen LogP contribution < -0.4 is 0 Å². The predicted molar refractivity (Wildman–Crippen MR) is 142 cm³/mol. The van der Waals surface area contributed by atoms with E-state index in [1.165, 1.54) is 141 Å². The summed E-state index contributed by atoms with van der Waals surface area (Å²) in [5, 5.41) is 0. The van der Waals surface area contributed by atoms with Gasteiger partial charge in [-0.25, -0.2) is 0 Å². The lowest BCUT2D eigenvalue weighted by Gasteiger charge is -2.16. The molecule has 0 radical (unpaired) electrons. The summed E-state index contributed by atoms with van der Waals surface area (Å²) in [5.74, 6) is 0.605. The van der Waals surface area contributed by atoms with Crippen LogP contribution in [-0.2, 0) is 9.53 Å². The van der Waals surface area contributed by atoms with Crippen molar-refractivity contribution in [3.05, 3.63) is 0 Å². The molecular weight excluding hydrogens is 392 g/mol. The summed E-state index contributed by atoms with van der Waals surface area (Å²) in [4.78, 5) is 12.0. The Balaban J connectivity index is 3.34. The van der Waals surface area contributed by atoms with E-state index in [1.54, 1.807) is 0 Å². The van der Waals surface area contributed by atoms with Gasteiger partial charge in [-0.05, 0) is 25.2 Å². The first-order valence-corrected chi connectivity index (χ1v) is 14.9. The van der Waals surface area contributed by atoms with Crippen LogP contribution in [0.15, 0.2) is 0 Å². The van der Waals surface area contributed by atoms with Gasteiger partial charge in [-0.1, -0.05) is 149 Å². The van der Waals surface area contributed by atoms with Crippen LogP contribution >= 0.6 is 0 Å². The molecule has 0 aromatic heterocycles. The summed E-state index contributed by atoms with van der Waals surface area (Å²) in [7, 11) is 0. The van der Waals surface area contributed by atoms with E-state index in [9.17, 15) is 4.79 Å². The van der Waals surface area contributed by atoms with Gasteiger partial charge in [-0.3, -0.25) is 4.79 Å². The molecule has 0 rings (SSSR count). The molecule has 0 aromatic carbocycles. The lowest BCUT2D eigenvalue weighted by molar-refractivity contribution is -0.145. The van der Waals surface area contributed by atoms with E-state index in [0.717, 1.165) is 6.42 Å². The van der Waals surface area contributed by atoms with Crippen molar-refractivity contribution in [2.45, 2.75) is 175 Å². The minimum Gasteiger partial charge on any atom is -0.465 e. The van der Waals surface area contributed by atoms with Crippen molar-refractivity contribution in [3.8, 4) is 0 Å². The molecular formula is C30H60O2. The maximum absolute atomic E-state index is 12.0. The predicted octanol–water partition coefficient (Wildman–Crippen LogP) is 10.6. The number of rotatable bonds is 26. The van der Waals surface area contributed by atoms with E-state index in [4.69, 9.17) is 4.74 Å². The highest BCUT2D eigenvalue weighted by Crippen LogP contribution is 2.17. The lowest BCUT2D eigenvalue weighted by Crippen LogP contribution is -2.14. The topological polar surface area (TPSA) is 26.3 Å². The maximum atomic E-state index is 12.0. The van der Waals surface area contributed by atoms with Crippen LogP contribution in [0.2, 0.25) is 0 Å². The number of unbranched alkanes of at least 4 members (excludes halogenated alkanes) is 18. The largest absolute Gasteiger partial charge is 0.465 e. The van der Waals surface area contributed by atoms with Crippen LogP contribution in [-0.4, -0.2) is 12.6 Å². The molecule has 0 spiro atoms. The molecule has 0 saturated carbocycles. The first-order chi connectivity index (χ1) is 15.7. The van der Waals surface area contributed by atoms with Crippen molar-refractivity contribution in [2.75, 3.05) is 6.61 Å². The Kier molecular flexibility index (Phi) is 26.3. The Morgan fingerprint density at radius 2 is 0.906 bits per heavy atom. The molecule has 2 heteroatoms. The zero-order valence-electron chi connectivity index (χ0n) is 22.6. The molecule has 32 heavy (non-hydrogen) atoms. The fraction of sp³-hybridized carbons (Fsp3) is 0.967. The van der Waals surface area contributed by atoms with Gasteiger partial charge in [-0.2, -0.15) is 0 Å². The second-order valence-electron chi connectivity index (χ2n) is 10.2. The van der Waals surface area contributed by atoms with Crippen LogP contribution in [0.3, 0.4) is 0 Å². The van der Waals surface area contributed by atoms with Gasteiger partial charge in [0.25, 0.3) is 0 Å². The molecule has 0 N–H and O–H groups in total. The summed E-state index contributed by atoms with van der Waals surface area (Å²) in [5.41, 5.74) is 0. The molecule has 1 unspecified atom stereocenters. The van der Waals surface area contributed by atoms with Crippen LogP contribution in [0.5, 0.6) is 0 Å². The first kappa shape index (κ1) is 31.5. The second-order valence-corrected chi connectivity index (χ2v) is 10.2. The van der Waals surface area contributed by atoms with E-state index in [-0.39, 0.29) is 5.97 Å². The number of ether oxygens (including phenoxy) is 1. The number of esters is 1. The quantitative estimate of drug-likeness (QED) is 0.0963. The van der Waals surface area contributed by atoms with Gasteiger partial charge in [0.15, 0.2) is 0 Å². The Bertz CT molecular complexity index is 366. The molecule has 0 heterocycles. The molecule has 0 fully saturated rings. The molecule has 0 aliphatic carbocycles. The average molecular weight is 453 g/mol. The number of carbonyl (C=O) groups is 1. The van der Waals surface area contributed by atoms with Crippen molar-refractivity contribution in [1.29, 1.82) is 0 Å². The number of hydrogen-bond acceptors (Lipinski definition) is 2. The van der Waals surface area contributed by atoms with Crippen LogP contribution in [0.1, 0.15) is 175 Å². The van der Waals surface area contributed by atoms with Crippen molar-refractivity contribution in [3.63, 3.8) is 0 Å². The van der Waals surface area contributed by atoms with Gasteiger partial charge >= 0.3 is 5.97 Å². The second kappa shape index (κ2) is 26.7. The standard InChI is InChI=1S/C30H60O2/c1-4-7-9-10-11-12-13-14-15-16-17-18-19-20-21-22-24-27-30(31)32-28-29(25-6-3)26-23-8-5-2/h29H,4-28H2,1-3H3. The zero-order valence-corrected chi connectivity index (χ0v) is 22.6. The molecule has 0 bridgehead atoms. The minimum atomic E-state index is 0.0301. The van der Waals surface area contributed by atoms with E-state index in [0.29, 0.717) is 18.9 Å². The Morgan fingerprint density at radius 1 is 0.500 bits per heavy atom. The molecule has 0 saturated heterocycles. The molecule has 1 atom stereocenters. The fourth-order valence-corrected chi connectivity index (χ4v) is 4.68. The smallest absolute Gasteiger partial charge is 0.305 e. The van der Waals surface area contributed by atoms with Crippen LogP contribution in [0.25, 0.3) is 0 Å². The minimum absolute atomic E-state index is 0.0301. The van der Waals surface area contributed by atoms with Crippen molar-refractivity contribution < 1.29 is 9.53 Å². The number of hydrogen-bond donors (Lipinski definition) is 0. The summed E-state index contributed by atoms with van der Waals surface area (Å²) in [6, 6.07) is 0. The molecule has 2 nitrogen and oxygen atoms in total.